The van der Waals surface area contributed by atoms with Gasteiger partial charge >= 0.3 is 0 Å². The smallest absolute Gasteiger partial charge is 0.191 e. The molecule has 2 aromatic rings. The van der Waals surface area contributed by atoms with Gasteiger partial charge in [0.25, 0.3) is 0 Å². The van der Waals surface area contributed by atoms with Crippen molar-refractivity contribution in [1.82, 2.24) is 15.5 Å². The van der Waals surface area contributed by atoms with Crippen LogP contribution in [0.1, 0.15) is 30.2 Å². The van der Waals surface area contributed by atoms with Crippen LogP contribution < -0.4 is 10.6 Å². The summed E-state index contributed by atoms with van der Waals surface area (Å²) in [4.78, 5) is 7.74. The molecule has 25 heavy (non-hydrogen) atoms. The highest BCUT2D eigenvalue weighted by molar-refractivity contribution is 7.19. The fraction of sp³-hybridized carbons (Fsp3) is 0.526. The number of hydrogen-bond donors (Lipinski definition) is 3. The first-order chi connectivity index (χ1) is 12.3. The van der Waals surface area contributed by atoms with Gasteiger partial charge in [0.2, 0.25) is 0 Å². The quantitative estimate of drug-likeness (QED) is 0.403. The molecule has 1 fully saturated rings. The zero-order chi connectivity index (χ0) is 17.5. The summed E-state index contributed by atoms with van der Waals surface area (Å²) in [6, 6.07) is 10.3. The Kier molecular flexibility index (Phi) is 6.67. The molecule has 1 aliphatic rings. The molecular weight excluding hydrogens is 332 g/mol. The van der Waals surface area contributed by atoms with E-state index in [2.05, 4.69) is 38.7 Å². The van der Waals surface area contributed by atoms with Crippen molar-refractivity contribution in [3.05, 3.63) is 35.2 Å². The van der Waals surface area contributed by atoms with Gasteiger partial charge in [-0.15, -0.1) is 11.3 Å². The average Bonchev–Trinajstić information content (AvgIpc) is 3.30. The number of likely N-dealkylation sites (tertiary alicyclic amines) is 1. The van der Waals surface area contributed by atoms with Crippen LogP contribution in [0.25, 0.3) is 10.1 Å². The van der Waals surface area contributed by atoms with Gasteiger partial charge in [-0.25, -0.2) is 0 Å². The van der Waals surface area contributed by atoms with Crippen molar-refractivity contribution in [2.24, 2.45) is 4.99 Å². The standard InChI is InChI=1S/C19H28N4OS/c1-20-19(21-9-6-12-23-10-4-5-11-23)22-14-16(24)18-13-15-7-2-3-8-17(15)25-18/h2-3,7-8,13,16,24H,4-6,9-12,14H2,1H3,(H2,20,21,22). The number of thiophene rings is 1. The van der Waals surface area contributed by atoms with E-state index in [0.717, 1.165) is 30.3 Å². The van der Waals surface area contributed by atoms with Crippen LogP contribution in [0.4, 0.5) is 0 Å². The predicted molar refractivity (Wildman–Crippen MR) is 106 cm³/mol. The maximum atomic E-state index is 10.4. The second-order valence-electron chi connectivity index (χ2n) is 6.48. The minimum absolute atomic E-state index is 0.457. The monoisotopic (exact) mass is 360 g/mol. The van der Waals surface area contributed by atoms with E-state index in [1.807, 2.05) is 12.1 Å². The molecule has 1 aromatic carbocycles. The first kappa shape index (κ1) is 18.2. The molecule has 3 rings (SSSR count). The van der Waals surface area contributed by atoms with E-state index in [-0.39, 0.29) is 0 Å². The largest absolute Gasteiger partial charge is 0.386 e. The summed E-state index contributed by atoms with van der Waals surface area (Å²) < 4.78 is 1.21. The number of aliphatic hydroxyl groups is 1. The van der Waals surface area contributed by atoms with Crippen molar-refractivity contribution in [1.29, 1.82) is 0 Å². The number of guanidine groups is 1. The van der Waals surface area contributed by atoms with Gasteiger partial charge in [-0.3, -0.25) is 4.99 Å². The molecule has 0 spiro atoms. The summed E-state index contributed by atoms with van der Waals surface area (Å²) in [5, 5.41) is 18.2. The van der Waals surface area contributed by atoms with E-state index in [1.165, 1.54) is 36.0 Å². The van der Waals surface area contributed by atoms with Gasteiger partial charge in [0, 0.05) is 29.7 Å². The lowest BCUT2D eigenvalue weighted by Gasteiger charge is -2.17. The molecule has 1 aromatic heterocycles. The van der Waals surface area contributed by atoms with Gasteiger partial charge in [0.15, 0.2) is 5.96 Å². The third kappa shape index (κ3) is 5.17. The third-order valence-electron chi connectivity index (χ3n) is 4.60. The molecule has 0 amide bonds. The lowest BCUT2D eigenvalue weighted by Crippen LogP contribution is -2.40. The number of benzene rings is 1. The number of aliphatic imine (C=N–C) groups is 1. The topological polar surface area (TPSA) is 59.9 Å². The van der Waals surface area contributed by atoms with Crippen LogP contribution >= 0.6 is 11.3 Å². The Bertz CT molecular complexity index is 661. The van der Waals surface area contributed by atoms with Crippen LogP contribution in [-0.2, 0) is 0 Å². The third-order valence-corrected chi connectivity index (χ3v) is 5.82. The van der Waals surface area contributed by atoms with Gasteiger partial charge in [0.1, 0.15) is 6.10 Å². The minimum Gasteiger partial charge on any atom is -0.386 e. The Morgan fingerprint density at radius 2 is 2.08 bits per heavy atom. The Morgan fingerprint density at radius 3 is 2.84 bits per heavy atom. The molecule has 0 aliphatic carbocycles. The minimum atomic E-state index is -0.527. The van der Waals surface area contributed by atoms with Crippen molar-refractivity contribution < 1.29 is 5.11 Å². The van der Waals surface area contributed by atoms with Crippen molar-refractivity contribution in [3.63, 3.8) is 0 Å². The highest BCUT2D eigenvalue weighted by Crippen LogP contribution is 2.29. The summed E-state index contributed by atoms with van der Waals surface area (Å²) in [6.07, 6.45) is 3.26. The molecule has 2 heterocycles. The number of fused-ring (bicyclic) bond motifs is 1. The molecule has 136 valence electrons. The van der Waals surface area contributed by atoms with Crippen LogP contribution in [0.15, 0.2) is 35.3 Å². The zero-order valence-corrected chi connectivity index (χ0v) is 15.7. The van der Waals surface area contributed by atoms with Crippen molar-refractivity contribution in [2.75, 3.05) is 39.8 Å². The molecule has 0 bridgehead atoms. The highest BCUT2D eigenvalue weighted by Gasteiger charge is 2.13. The summed E-state index contributed by atoms with van der Waals surface area (Å²) in [5.41, 5.74) is 0. The van der Waals surface area contributed by atoms with Crippen LogP contribution in [0.5, 0.6) is 0 Å². The van der Waals surface area contributed by atoms with Crippen LogP contribution in [0.3, 0.4) is 0 Å². The SMILES string of the molecule is CN=C(NCCCN1CCCC1)NCC(O)c1cc2ccccc2s1. The van der Waals surface area contributed by atoms with Crippen LogP contribution in [0, 0.1) is 0 Å². The Morgan fingerprint density at radius 1 is 1.28 bits per heavy atom. The van der Waals surface area contributed by atoms with Gasteiger partial charge in [0.05, 0.1) is 0 Å². The molecular formula is C19H28N4OS. The molecule has 1 unspecified atom stereocenters. The maximum Gasteiger partial charge on any atom is 0.191 e. The second kappa shape index (κ2) is 9.17. The van der Waals surface area contributed by atoms with E-state index in [1.54, 1.807) is 18.4 Å². The predicted octanol–water partition coefficient (Wildman–Crippen LogP) is 2.59. The Labute approximate surface area is 153 Å². The van der Waals surface area contributed by atoms with Gasteiger partial charge in [-0.05, 0) is 56.4 Å². The Balaban J connectivity index is 1.40. The van der Waals surface area contributed by atoms with E-state index >= 15 is 0 Å². The number of nitrogens with zero attached hydrogens (tertiary/aromatic N) is 2. The van der Waals surface area contributed by atoms with Crippen molar-refractivity contribution in [2.45, 2.75) is 25.4 Å². The Hall–Kier alpha value is -1.63. The second-order valence-corrected chi connectivity index (χ2v) is 7.60. The number of hydrogen-bond acceptors (Lipinski definition) is 4. The fourth-order valence-corrected chi connectivity index (χ4v) is 4.25. The zero-order valence-electron chi connectivity index (χ0n) is 14.9. The molecule has 1 atom stereocenters. The van der Waals surface area contributed by atoms with Crippen molar-refractivity contribution >= 4 is 27.4 Å². The van der Waals surface area contributed by atoms with Crippen LogP contribution in [0.2, 0.25) is 0 Å². The summed E-state index contributed by atoms with van der Waals surface area (Å²) in [7, 11) is 1.77. The molecule has 3 N–H and O–H groups in total. The van der Waals surface area contributed by atoms with Gasteiger partial charge in [-0.2, -0.15) is 0 Å². The normalized spacial score (nSPS) is 17.1. The highest BCUT2D eigenvalue weighted by atomic mass is 32.1. The first-order valence-corrected chi connectivity index (χ1v) is 9.91. The van der Waals surface area contributed by atoms with E-state index in [0.29, 0.717) is 6.54 Å². The summed E-state index contributed by atoms with van der Waals surface area (Å²) >= 11 is 1.64. The lowest BCUT2D eigenvalue weighted by molar-refractivity contribution is 0.184. The fourth-order valence-electron chi connectivity index (χ4n) is 3.20. The van der Waals surface area contributed by atoms with Crippen molar-refractivity contribution in [3.8, 4) is 0 Å². The molecule has 1 aliphatic heterocycles. The number of rotatable bonds is 7. The van der Waals surface area contributed by atoms with E-state index in [9.17, 15) is 5.11 Å². The van der Waals surface area contributed by atoms with E-state index < -0.39 is 6.10 Å². The molecule has 0 radical (unpaired) electrons. The molecule has 0 saturated carbocycles. The molecule has 6 heteroatoms. The van der Waals surface area contributed by atoms with Gasteiger partial charge < -0.3 is 20.6 Å². The first-order valence-electron chi connectivity index (χ1n) is 9.09. The van der Waals surface area contributed by atoms with E-state index in [4.69, 9.17) is 0 Å². The summed E-state index contributed by atoms with van der Waals surface area (Å²) in [6.45, 7) is 4.99. The van der Waals surface area contributed by atoms with Gasteiger partial charge in [-0.1, -0.05) is 18.2 Å². The molecule has 5 nitrogen and oxygen atoms in total. The molecule has 1 saturated heterocycles. The van der Waals surface area contributed by atoms with Crippen LogP contribution in [-0.4, -0.2) is 55.7 Å². The lowest BCUT2D eigenvalue weighted by atomic mass is 10.2. The maximum absolute atomic E-state index is 10.4. The summed E-state index contributed by atoms with van der Waals surface area (Å²) in [5.74, 6) is 0.751. The number of aliphatic hydroxyl groups excluding tert-OH is 1. The average molecular weight is 361 g/mol. The number of nitrogens with one attached hydrogen (secondary N) is 2.